The molecule has 0 aliphatic carbocycles. The number of hydrogen-bond acceptors (Lipinski definition) is 6. The van der Waals surface area contributed by atoms with Crippen molar-refractivity contribution in [3.8, 4) is 0 Å². The maximum Gasteiger partial charge on any atom is 0.337 e. The van der Waals surface area contributed by atoms with Gasteiger partial charge in [0.25, 0.3) is 0 Å². The van der Waals surface area contributed by atoms with Gasteiger partial charge in [-0.2, -0.15) is 4.31 Å². The van der Waals surface area contributed by atoms with Crippen molar-refractivity contribution >= 4 is 33.3 Å². The van der Waals surface area contributed by atoms with Gasteiger partial charge in [0.15, 0.2) is 0 Å². The van der Waals surface area contributed by atoms with Crippen molar-refractivity contribution in [2.75, 3.05) is 43.5 Å². The molecule has 3 rings (SSSR count). The van der Waals surface area contributed by atoms with Crippen molar-refractivity contribution in [3.63, 3.8) is 0 Å². The average Bonchev–Trinajstić information content (AvgIpc) is 3.38. The predicted octanol–water partition coefficient (Wildman–Crippen LogP) is 3.68. The number of rotatable bonds is 10. The fraction of sp³-hybridized carbons (Fsp3) is 0.440. The van der Waals surface area contributed by atoms with Crippen molar-refractivity contribution in [1.29, 1.82) is 0 Å². The van der Waals surface area contributed by atoms with Gasteiger partial charge in [0.05, 0.1) is 28.9 Å². The average molecular weight is 488 g/mol. The molecule has 1 saturated heterocycles. The summed E-state index contributed by atoms with van der Waals surface area (Å²) in [4.78, 5) is 27.2. The minimum atomic E-state index is -3.50. The lowest BCUT2D eigenvalue weighted by Crippen LogP contribution is -2.30. The van der Waals surface area contributed by atoms with Crippen LogP contribution in [0.1, 0.15) is 49.0 Å². The van der Waals surface area contributed by atoms with Crippen LogP contribution in [0.5, 0.6) is 0 Å². The Morgan fingerprint density at radius 1 is 1.03 bits per heavy atom. The van der Waals surface area contributed by atoms with Crippen molar-refractivity contribution < 1.29 is 22.7 Å². The molecule has 1 aliphatic heterocycles. The summed E-state index contributed by atoms with van der Waals surface area (Å²) in [6.45, 7) is 6.26. The quantitative estimate of drug-likeness (QED) is 0.514. The predicted molar refractivity (Wildman–Crippen MR) is 133 cm³/mol. The van der Waals surface area contributed by atoms with E-state index in [-0.39, 0.29) is 17.2 Å². The first kappa shape index (κ1) is 25.7. The lowest BCUT2D eigenvalue weighted by molar-refractivity contribution is -0.116. The van der Waals surface area contributed by atoms with Crippen LogP contribution >= 0.6 is 0 Å². The molecule has 1 heterocycles. The van der Waals surface area contributed by atoms with Crippen molar-refractivity contribution in [1.82, 2.24) is 4.31 Å². The van der Waals surface area contributed by atoms with Gasteiger partial charge < -0.3 is 15.0 Å². The zero-order chi connectivity index (χ0) is 24.7. The second-order valence-corrected chi connectivity index (χ2v) is 10.1. The number of anilines is 2. The first-order valence-electron chi connectivity index (χ1n) is 11.7. The minimum Gasteiger partial charge on any atom is -0.465 e. The Kier molecular flexibility index (Phi) is 8.68. The van der Waals surface area contributed by atoms with Gasteiger partial charge in [0.1, 0.15) is 0 Å². The van der Waals surface area contributed by atoms with E-state index < -0.39 is 16.0 Å². The molecule has 1 N–H and O–H groups in total. The molecule has 1 fully saturated rings. The Balaban J connectivity index is 1.68. The van der Waals surface area contributed by atoms with Gasteiger partial charge in [-0.25, -0.2) is 13.2 Å². The topological polar surface area (TPSA) is 96.0 Å². The van der Waals surface area contributed by atoms with Gasteiger partial charge in [-0.3, -0.25) is 4.79 Å². The fourth-order valence-corrected chi connectivity index (χ4v) is 5.58. The maximum atomic E-state index is 12.7. The summed E-state index contributed by atoms with van der Waals surface area (Å²) in [5.41, 5.74) is 2.74. The molecular formula is C25H33N3O5S. The molecule has 1 amide bonds. The number of nitrogens with zero attached hydrogens (tertiary/aromatic N) is 2. The van der Waals surface area contributed by atoms with Crippen LogP contribution in [0.3, 0.4) is 0 Å². The van der Waals surface area contributed by atoms with E-state index in [1.807, 2.05) is 19.9 Å². The van der Waals surface area contributed by atoms with Crippen molar-refractivity contribution in [2.24, 2.45) is 0 Å². The molecule has 8 nitrogen and oxygen atoms in total. The molecule has 0 saturated carbocycles. The van der Waals surface area contributed by atoms with E-state index in [0.717, 1.165) is 37.2 Å². The van der Waals surface area contributed by atoms with E-state index in [9.17, 15) is 18.0 Å². The summed E-state index contributed by atoms with van der Waals surface area (Å²) in [5.74, 6) is -0.634. The third-order valence-electron chi connectivity index (χ3n) is 6.05. The summed E-state index contributed by atoms with van der Waals surface area (Å²) in [5, 5.41) is 2.95. The molecule has 0 bridgehead atoms. The number of methoxy groups -OCH3 is 1. The van der Waals surface area contributed by atoms with Crippen molar-refractivity contribution in [2.45, 2.75) is 44.4 Å². The van der Waals surface area contributed by atoms with Gasteiger partial charge >= 0.3 is 5.97 Å². The van der Waals surface area contributed by atoms with Crippen LogP contribution in [0.4, 0.5) is 11.4 Å². The number of benzene rings is 2. The van der Waals surface area contributed by atoms with Gasteiger partial charge in [-0.15, -0.1) is 0 Å². The Morgan fingerprint density at radius 3 is 2.26 bits per heavy atom. The molecule has 34 heavy (non-hydrogen) atoms. The van der Waals surface area contributed by atoms with E-state index in [2.05, 4.69) is 10.2 Å². The second-order valence-electron chi connectivity index (χ2n) is 8.20. The van der Waals surface area contributed by atoms with E-state index >= 15 is 0 Å². The molecule has 184 valence electrons. The lowest BCUT2D eigenvalue weighted by atomic mass is 10.1. The smallest absolute Gasteiger partial charge is 0.337 e. The third kappa shape index (κ3) is 5.95. The first-order valence-corrected chi connectivity index (χ1v) is 13.1. The molecule has 0 unspecified atom stereocenters. The molecule has 0 aromatic heterocycles. The number of sulfonamides is 1. The lowest BCUT2D eigenvalue weighted by Gasteiger charge is -2.22. The number of carbonyl (C=O) groups is 2. The molecular weight excluding hydrogens is 454 g/mol. The standard InChI is InChI=1S/C25H33N3O5S/c1-4-28(5-2)34(31,32)21-12-8-19(9-13-21)10-15-24(29)26-22-18-20(25(30)33-3)11-14-23(22)27-16-6-7-17-27/h8-9,11-14,18H,4-7,10,15-17H2,1-3H3,(H,26,29). The van der Waals surface area contributed by atoms with Crippen LogP contribution in [0.15, 0.2) is 47.4 Å². The fourth-order valence-electron chi connectivity index (χ4n) is 4.13. The van der Waals surface area contributed by atoms with Gasteiger partial charge in [-0.05, 0) is 55.2 Å². The number of hydrogen-bond donors (Lipinski definition) is 1. The number of aryl methyl sites for hydroxylation is 1. The molecule has 2 aromatic carbocycles. The number of carbonyl (C=O) groups excluding carboxylic acids is 2. The number of ether oxygens (including phenoxy) is 1. The Hall–Kier alpha value is -2.91. The highest BCUT2D eigenvalue weighted by Crippen LogP contribution is 2.30. The van der Waals surface area contributed by atoms with E-state index in [1.165, 1.54) is 11.4 Å². The highest BCUT2D eigenvalue weighted by atomic mass is 32.2. The highest BCUT2D eigenvalue weighted by molar-refractivity contribution is 7.89. The summed E-state index contributed by atoms with van der Waals surface area (Å²) >= 11 is 0. The monoisotopic (exact) mass is 487 g/mol. The molecule has 1 aliphatic rings. The van der Waals surface area contributed by atoms with Crippen LogP contribution in [0.2, 0.25) is 0 Å². The van der Waals surface area contributed by atoms with Crippen LogP contribution in [0, 0.1) is 0 Å². The Morgan fingerprint density at radius 2 is 1.68 bits per heavy atom. The normalized spacial score (nSPS) is 13.8. The Labute approximate surface area is 201 Å². The molecule has 0 spiro atoms. The third-order valence-corrected chi connectivity index (χ3v) is 8.11. The summed E-state index contributed by atoms with van der Waals surface area (Å²) in [7, 11) is -2.18. The highest BCUT2D eigenvalue weighted by Gasteiger charge is 2.22. The molecule has 0 radical (unpaired) electrons. The first-order chi connectivity index (χ1) is 16.3. The second kappa shape index (κ2) is 11.5. The van der Waals surface area contributed by atoms with Crippen LogP contribution < -0.4 is 10.2 Å². The Bertz CT molecular complexity index is 1110. The van der Waals surface area contributed by atoms with Crippen molar-refractivity contribution in [3.05, 3.63) is 53.6 Å². The van der Waals surface area contributed by atoms with Gasteiger partial charge in [-0.1, -0.05) is 26.0 Å². The molecule has 0 atom stereocenters. The van der Waals surface area contributed by atoms with Gasteiger partial charge in [0, 0.05) is 32.6 Å². The van der Waals surface area contributed by atoms with Crippen LogP contribution in [-0.2, 0) is 26.0 Å². The zero-order valence-electron chi connectivity index (χ0n) is 20.0. The maximum absolute atomic E-state index is 12.7. The largest absolute Gasteiger partial charge is 0.465 e. The number of esters is 1. The molecule has 9 heteroatoms. The van der Waals surface area contributed by atoms with E-state index in [1.54, 1.807) is 36.4 Å². The summed E-state index contributed by atoms with van der Waals surface area (Å²) in [6, 6.07) is 11.9. The SMILES string of the molecule is CCN(CC)S(=O)(=O)c1ccc(CCC(=O)Nc2cc(C(=O)OC)ccc2N2CCCC2)cc1. The molecule has 2 aromatic rings. The van der Waals surface area contributed by atoms with E-state index in [0.29, 0.717) is 30.8 Å². The van der Waals surface area contributed by atoms with Gasteiger partial charge in [0.2, 0.25) is 15.9 Å². The van der Waals surface area contributed by atoms with Crippen LogP contribution in [0.25, 0.3) is 0 Å². The van der Waals surface area contributed by atoms with E-state index in [4.69, 9.17) is 4.74 Å². The summed E-state index contributed by atoms with van der Waals surface area (Å²) < 4.78 is 31.5. The zero-order valence-corrected chi connectivity index (χ0v) is 20.9. The number of nitrogens with one attached hydrogen (secondary N) is 1. The van der Waals surface area contributed by atoms with Crippen LogP contribution in [-0.4, -0.2) is 57.9 Å². The summed E-state index contributed by atoms with van der Waals surface area (Å²) in [6.07, 6.45) is 2.87. The number of amides is 1. The minimum absolute atomic E-state index is 0.178.